The van der Waals surface area contributed by atoms with Crippen LogP contribution in [0.1, 0.15) is 25.7 Å². The molecule has 3 N–H and O–H groups in total. The molecule has 2 heterocycles. The van der Waals surface area contributed by atoms with Crippen molar-refractivity contribution >= 4 is 17.1 Å². The number of hydrogen-bond acceptors (Lipinski definition) is 3. The highest BCUT2D eigenvalue weighted by Gasteiger charge is 2.26. The molecule has 2 aromatic heterocycles. The van der Waals surface area contributed by atoms with Crippen LogP contribution in [0.4, 0.5) is 0 Å². The number of rotatable bonds is 3. The van der Waals surface area contributed by atoms with Crippen molar-refractivity contribution in [3.8, 4) is 0 Å². The topological polar surface area (TPSA) is 108 Å². The number of H-pyrrole nitrogens is 2. The number of nitrogens with one attached hydrogen (secondary N) is 2. The second-order valence-electron chi connectivity index (χ2n) is 5.68. The van der Waals surface area contributed by atoms with E-state index in [-0.39, 0.29) is 23.1 Å². The molecule has 3 rings (SSSR count). The van der Waals surface area contributed by atoms with Gasteiger partial charge in [0.2, 0.25) is 5.56 Å². The van der Waals surface area contributed by atoms with Crippen molar-refractivity contribution in [2.75, 3.05) is 0 Å². The first-order valence-electron chi connectivity index (χ1n) is 7.09. The first kappa shape index (κ1) is 13.7. The van der Waals surface area contributed by atoms with E-state index >= 15 is 0 Å². The van der Waals surface area contributed by atoms with E-state index in [0.29, 0.717) is 30.6 Å². The molecule has 2 aromatic rings. The SMILES string of the molecule is O=C(O)C1CCC(Cn2c(=O)[nH]c3ccc(=O)[nH]c32)CC1. The lowest BCUT2D eigenvalue weighted by Gasteiger charge is -2.26. The summed E-state index contributed by atoms with van der Waals surface area (Å²) in [4.78, 5) is 39.7. The maximum atomic E-state index is 12.0. The lowest BCUT2D eigenvalue weighted by atomic mass is 9.82. The predicted molar refractivity (Wildman–Crippen MR) is 76.3 cm³/mol. The average molecular weight is 291 g/mol. The summed E-state index contributed by atoms with van der Waals surface area (Å²) >= 11 is 0. The number of aromatic nitrogens is 3. The van der Waals surface area contributed by atoms with Gasteiger partial charge in [-0.05, 0) is 37.7 Å². The smallest absolute Gasteiger partial charge is 0.327 e. The van der Waals surface area contributed by atoms with Gasteiger partial charge in [-0.1, -0.05) is 0 Å². The Morgan fingerprint density at radius 3 is 2.57 bits per heavy atom. The summed E-state index contributed by atoms with van der Waals surface area (Å²) in [5, 5.41) is 9.00. The number of aliphatic carboxylic acids is 1. The summed E-state index contributed by atoms with van der Waals surface area (Å²) in [6, 6.07) is 2.97. The molecule has 112 valence electrons. The van der Waals surface area contributed by atoms with E-state index in [9.17, 15) is 14.4 Å². The Hall–Kier alpha value is -2.31. The van der Waals surface area contributed by atoms with Gasteiger partial charge in [0, 0.05) is 12.6 Å². The van der Waals surface area contributed by atoms with Gasteiger partial charge in [-0.3, -0.25) is 14.2 Å². The van der Waals surface area contributed by atoms with Gasteiger partial charge in [0.1, 0.15) is 5.65 Å². The molecule has 0 saturated heterocycles. The molecule has 7 nitrogen and oxygen atoms in total. The highest BCUT2D eigenvalue weighted by Crippen LogP contribution is 2.30. The Balaban J connectivity index is 1.81. The van der Waals surface area contributed by atoms with E-state index in [2.05, 4.69) is 9.97 Å². The predicted octanol–water partition coefficient (Wildman–Crippen LogP) is 0.909. The highest BCUT2D eigenvalue weighted by atomic mass is 16.4. The number of carbonyl (C=O) groups is 1. The molecule has 0 atom stereocenters. The zero-order valence-electron chi connectivity index (χ0n) is 11.5. The Labute approximate surface area is 119 Å². The van der Waals surface area contributed by atoms with E-state index in [1.165, 1.54) is 6.07 Å². The monoisotopic (exact) mass is 291 g/mol. The second-order valence-corrected chi connectivity index (χ2v) is 5.68. The summed E-state index contributed by atoms with van der Waals surface area (Å²) in [6.07, 6.45) is 2.86. The lowest BCUT2D eigenvalue weighted by Crippen LogP contribution is -2.27. The maximum Gasteiger partial charge on any atom is 0.327 e. The molecule has 7 heteroatoms. The summed E-state index contributed by atoms with van der Waals surface area (Å²) in [5.74, 6) is -0.733. The summed E-state index contributed by atoms with van der Waals surface area (Å²) in [5.41, 5.74) is 0.628. The van der Waals surface area contributed by atoms with Gasteiger partial charge in [-0.15, -0.1) is 0 Å². The number of hydrogen-bond donors (Lipinski definition) is 3. The molecular formula is C14H17N3O4. The molecular weight excluding hydrogens is 274 g/mol. The molecule has 0 unspecified atom stereocenters. The molecule has 0 bridgehead atoms. The van der Waals surface area contributed by atoms with Crippen molar-refractivity contribution in [2.24, 2.45) is 11.8 Å². The first-order chi connectivity index (χ1) is 10.0. The molecule has 1 saturated carbocycles. The molecule has 21 heavy (non-hydrogen) atoms. The summed E-state index contributed by atoms with van der Waals surface area (Å²) < 4.78 is 1.54. The fourth-order valence-electron chi connectivity index (χ4n) is 3.09. The third-order valence-electron chi connectivity index (χ3n) is 4.29. The lowest BCUT2D eigenvalue weighted by molar-refractivity contribution is -0.143. The van der Waals surface area contributed by atoms with Crippen molar-refractivity contribution in [2.45, 2.75) is 32.2 Å². The molecule has 0 spiro atoms. The van der Waals surface area contributed by atoms with E-state index < -0.39 is 5.97 Å². The van der Waals surface area contributed by atoms with Gasteiger partial charge < -0.3 is 15.1 Å². The summed E-state index contributed by atoms with van der Waals surface area (Å²) in [6.45, 7) is 0.505. The minimum absolute atomic E-state index is 0.243. The van der Waals surface area contributed by atoms with Gasteiger partial charge in [-0.25, -0.2) is 4.79 Å². The number of nitrogens with zero attached hydrogens (tertiary/aromatic N) is 1. The number of pyridine rings is 1. The number of carboxylic acid groups (broad SMARTS) is 1. The standard InChI is InChI=1S/C14H17N3O4/c18-11-6-5-10-12(16-11)17(14(21)15-10)7-8-1-3-9(4-2-8)13(19)20/h5-6,8-9H,1-4,7H2,(H,15,21)(H,16,18)(H,19,20). The van der Waals surface area contributed by atoms with Crippen LogP contribution < -0.4 is 11.2 Å². The molecule has 0 aliphatic heterocycles. The Morgan fingerprint density at radius 2 is 1.90 bits per heavy atom. The minimum atomic E-state index is -0.734. The van der Waals surface area contributed by atoms with Crippen LogP contribution in [0.2, 0.25) is 0 Å². The molecule has 1 aliphatic carbocycles. The number of carboxylic acids is 1. The maximum absolute atomic E-state index is 12.0. The Morgan fingerprint density at radius 1 is 1.19 bits per heavy atom. The van der Waals surface area contributed by atoms with Crippen molar-refractivity contribution in [1.82, 2.24) is 14.5 Å². The van der Waals surface area contributed by atoms with Crippen LogP contribution in [-0.2, 0) is 11.3 Å². The zero-order chi connectivity index (χ0) is 15.0. The Bertz CT molecular complexity index is 777. The van der Waals surface area contributed by atoms with Crippen molar-refractivity contribution < 1.29 is 9.90 Å². The van der Waals surface area contributed by atoms with Gasteiger partial charge >= 0.3 is 11.7 Å². The third kappa shape index (κ3) is 2.63. The van der Waals surface area contributed by atoms with Gasteiger partial charge in [0.15, 0.2) is 0 Å². The van der Waals surface area contributed by atoms with Crippen molar-refractivity contribution in [3.05, 3.63) is 33.0 Å². The van der Waals surface area contributed by atoms with Crippen LogP contribution in [0.5, 0.6) is 0 Å². The van der Waals surface area contributed by atoms with Crippen LogP contribution in [0.3, 0.4) is 0 Å². The van der Waals surface area contributed by atoms with Crippen molar-refractivity contribution in [3.63, 3.8) is 0 Å². The number of imidazole rings is 1. The normalized spacial score (nSPS) is 22.5. The molecule has 0 radical (unpaired) electrons. The first-order valence-corrected chi connectivity index (χ1v) is 7.09. The molecule has 0 amide bonds. The number of fused-ring (bicyclic) bond motifs is 1. The van der Waals surface area contributed by atoms with Crippen LogP contribution in [0.15, 0.2) is 21.7 Å². The minimum Gasteiger partial charge on any atom is -0.481 e. The van der Waals surface area contributed by atoms with Gasteiger partial charge in [-0.2, -0.15) is 0 Å². The van der Waals surface area contributed by atoms with Crippen LogP contribution in [-0.4, -0.2) is 25.6 Å². The van der Waals surface area contributed by atoms with Crippen LogP contribution in [0.25, 0.3) is 11.2 Å². The van der Waals surface area contributed by atoms with E-state index in [1.807, 2.05) is 0 Å². The molecule has 1 aliphatic rings. The van der Waals surface area contributed by atoms with E-state index in [4.69, 9.17) is 5.11 Å². The molecule has 1 fully saturated rings. The Kier molecular flexibility index (Phi) is 3.40. The fraction of sp³-hybridized carbons (Fsp3) is 0.500. The van der Waals surface area contributed by atoms with Crippen LogP contribution in [0, 0.1) is 11.8 Å². The zero-order valence-corrected chi connectivity index (χ0v) is 11.5. The third-order valence-corrected chi connectivity index (χ3v) is 4.29. The molecule has 0 aromatic carbocycles. The van der Waals surface area contributed by atoms with Crippen molar-refractivity contribution in [1.29, 1.82) is 0 Å². The van der Waals surface area contributed by atoms with Crippen LogP contribution >= 0.6 is 0 Å². The number of aromatic amines is 2. The van der Waals surface area contributed by atoms with Gasteiger partial charge in [0.25, 0.3) is 0 Å². The van der Waals surface area contributed by atoms with E-state index in [0.717, 1.165) is 12.8 Å². The second kappa shape index (κ2) is 5.23. The largest absolute Gasteiger partial charge is 0.481 e. The van der Waals surface area contributed by atoms with Gasteiger partial charge in [0.05, 0.1) is 11.4 Å². The van der Waals surface area contributed by atoms with E-state index in [1.54, 1.807) is 10.6 Å². The average Bonchev–Trinajstić information content (AvgIpc) is 2.76. The highest BCUT2D eigenvalue weighted by molar-refractivity contribution is 5.70. The fourth-order valence-corrected chi connectivity index (χ4v) is 3.09. The quantitative estimate of drug-likeness (QED) is 0.781. The summed E-state index contributed by atoms with van der Waals surface area (Å²) in [7, 11) is 0.